The molecule has 1 heterocycles. The van der Waals surface area contributed by atoms with Crippen LogP contribution >= 0.6 is 0 Å². The summed E-state index contributed by atoms with van der Waals surface area (Å²) in [6, 6.07) is 5.54. The number of hydrogen-bond donors (Lipinski definition) is 0. The summed E-state index contributed by atoms with van der Waals surface area (Å²) in [7, 11) is 0. The molecule has 110 valence electrons. The molecular weight excluding hydrogens is 270 g/mol. The van der Waals surface area contributed by atoms with E-state index < -0.39 is 12.6 Å². The fourth-order valence-electron chi connectivity index (χ4n) is 1.99. The summed E-state index contributed by atoms with van der Waals surface area (Å²) < 4.78 is 39.0. The Bertz CT molecular complexity index is 445. The van der Waals surface area contributed by atoms with Crippen molar-refractivity contribution in [1.29, 1.82) is 0 Å². The topological polar surface area (TPSA) is 44.8 Å². The van der Waals surface area contributed by atoms with E-state index in [4.69, 9.17) is 9.47 Å². The van der Waals surface area contributed by atoms with Crippen molar-refractivity contribution in [1.82, 2.24) is 0 Å². The molecule has 1 aromatic carbocycles. The zero-order valence-corrected chi connectivity index (χ0v) is 10.9. The molecule has 0 bridgehead atoms. The van der Waals surface area contributed by atoms with Gasteiger partial charge in [-0.1, -0.05) is 6.07 Å². The molecule has 1 atom stereocenters. The Morgan fingerprint density at radius 3 is 2.95 bits per heavy atom. The number of hydrogen-bond acceptors (Lipinski definition) is 4. The van der Waals surface area contributed by atoms with Crippen LogP contribution < -0.4 is 4.74 Å². The van der Waals surface area contributed by atoms with Gasteiger partial charge in [-0.25, -0.2) is 4.79 Å². The van der Waals surface area contributed by atoms with Gasteiger partial charge in [-0.2, -0.15) is 8.78 Å². The van der Waals surface area contributed by atoms with E-state index in [1.54, 1.807) is 0 Å². The van der Waals surface area contributed by atoms with E-state index in [2.05, 4.69) is 4.74 Å². The molecule has 1 aliphatic rings. The van der Waals surface area contributed by atoms with Crippen LogP contribution in [0.4, 0.5) is 8.78 Å². The predicted octanol–water partition coefficient (Wildman–Crippen LogP) is 3.01. The number of ether oxygens (including phenoxy) is 3. The van der Waals surface area contributed by atoms with Crippen LogP contribution in [0.2, 0.25) is 0 Å². The van der Waals surface area contributed by atoms with Gasteiger partial charge < -0.3 is 14.2 Å². The van der Waals surface area contributed by atoms with Crippen LogP contribution in [-0.2, 0) is 9.47 Å². The highest BCUT2D eigenvalue weighted by atomic mass is 19.3. The maximum Gasteiger partial charge on any atom is 0.387 e. The first-order valence-corrected chi connectivity index (χ1v) is 6.49. The Hall–Kier alpha value is -1.69. The SMILES string of the molecule is O=C(OCC1CCCCO1)c1cccc(OC(F)F)c1. The van der Waals surface area contributed by atoms with Gasteiger partial charge in [0, 0.05) is 6.61 Å². The summed E-state index contributed by atoms with van der Waals surface area (Å²) in [6.07, 6.45) is 2.87. The molecule has 1 aromatic rings. The van der Waals surface area contributed by atoms with Crippen LogP contribution in [-0.4, -0.2) is 31.9 Å². The number of benzene rings is 1. The zero-order chi connectivity index (χ0) is 14.4. The first-order valence-electron chi connectivity index (χ1n) is 6.49. The largest absolute Gasteiger partial charge is 0.459 e. The number of rotatable bonds is 5. The molecule has 0 amide bonds. The number of esters is 1. The van der Waals surface area contributed by atoms with Crippen molar-refractivity contribution in [2.24, 2.45) is 0 Å². The molecule has 4 nitrogen and oxygen atoms in total. The highest BCUT2D eigenvalue weighted by molar-refractivity contribution is 5.89. The lowest BCUT2D eigenvalue weighted by Crippen LogP contribution is -2.25. The van der Waals surface area contributed by atoms with Gasteiger partial charge >= 0.3 is 12.6 Å². The first kappa shape index (κ1) is 14.7. The molecule has 1 aliphatic heterocycles. The first-order chi connectivity index (χ1) is 9.65. The molecule has 0 N–H and O–H groups in total. The average Bonchev–Trinajstić information content (AvgIpc) is 2.45. The lowest BCUT2D eigenvalue weighted by molar-refractivity contribution is -0.0500. The third kappa shape index (κ3) is 4.45. The Morgan fingerprint density at radius 1 is 1.40 bits per heavy atom. The van der Waals surface area contributed by atoms with Crippen LogP contribution in [0.5, 0.6) is 5.75 Å². The molecule has 0 spiro atoms. The van der Waals surface area contributed by atoms with Crippen LogP contribution in [0.25, 0.3) is 0 Å². The quantitative estimate of drug-likeness (QED) is 0.780. The van der Waals surface area contributed by atoms with Gasteiger partial charge in [-0.05, 0) is 37.5 Å². The van der Waals surface area contributed by atoms with Gasteiger partial charge in [-0.15, -0.1) is 0 Å². The Balaban J connectivity index is 1.88. The van der Waals surface area contributed by atoms with Gasteiger partial charge in [0.05, 0.1) is 11.7 Å². The van der Waals surface area contributed by atoms with Crippen molar-refractivity contribution in [3.05, 3.63) is 29.8 Å². The van der Waals surface area contributed by atoms with E-state index in [1.165, 1.54) is 24.3 Å². The molecule has 0 saturated carbocycles. The maximum absolute atomic E-state index is 12.1. The minimum Gasteiger partial charge on any atom is -0.459 e. The van der Waals surface area contributed by atoms with Crippen LogP contribution in [0.15, 0.2) is 24.3 Å². The molecule has 6 heteroatoms. The third-order valence-electron chi connectivity index (χ3n) is 2.97. The van der Waals surface area contributed by atoms with Crippen molar-refractivity contribution < 1.29 is 27.8 Å². The van der Waals surface area contributed by atoms with E-state index in [0.717, 1.165) is 19.3 Å². The number of carbonyl (C=O) groups excluding carboxylic acids is 1. The molecule has 20 heavy (non-hydrogen) atoms. The minimum absolute atomic E-state index is 0.0663. The van der Waals surface area contributed by atoms with Crippen molar-refractivity contribution >= 4 is 5.97 Å². The number of halogens is 2. The van der Waals surface area contributed by atoms with Crippen LogP contribution in [0.1, 0.15) is 29.6 Å². The summed E-state index contributed by atoms with van der Waals surface area (Å²) in [5, 5.41) is 0. The lowest BCUT2D eigenvalue weighted by atomic mass is 10.1. The van der Waals surface area contributed by atoms with Gasteiger partial charge in [-0.3, -0.25) is 0 Å². The molecule has 2 rings (SSSR count). The second-order valence-electron chi connectivity index (χ2n) is 4.49. The van der Waals surface area contributed by atoms with E-state index in [1.807, 2.05) is 0 Å². The normalized spacial score (nSPS) is 18.9. The van der Waals surface area contributed by atoms with E-state index >= 15 is 0 Å². The summed E-state index contributed by atoms with van der Waals surface area (Å²) in [5.41, 5.74) is 0.180. The third-order valence-corrected chi connectivity index (χ3v) is 2.97. The van der Waals surface area contributed by atoms with Crippen molar-refractivity contribution in [3.63, 3.8) is 0 Å². The van der Waals surface area contributed by atoms with Gasteiger partial charge in [0.1, 0.15) is 12.4 Å². The average molecular weight is 286 g/mol. The number of alkyl halides is 2. The highest BCUT2D eigenvalue weighted by Crippen LogP contribution is 2.17. The van der Waals surface area contributed by atoms with Crippen molar-refractivity contribution in [3.8, 4) is 5.75 Å². The minimum atomic E-state index is -2.92. The smallest absolute Gasteiger partial charge is 0.387 e. The fourth-order valence-corrected chi connectivity index (χ4v) is 1.99. The van der Waals surface area contributed by atoms with Crippen molar-refractivity contribution in [2.75, 3.05) is 13.2 Å². The Kier molecular flexibility index (Phi) is 5.29. The van der Waals surface area contributed by atoms with E-state index in [-0.39, 0.29) is 24.0 Å². The molecule has 0 aliphatic carbocycles. The van der Waals surface area contributed by atoms with E-state index in [9.17, 15) is 13.6 Å². The molecule has 0 radical (unpaired) electrons. The Labute approximate surface area is 115 Å². The van der Waals surface area contributed by atoms with Crippen LogP contribution in [0.3, 0.4) is 0 Å². The standard InChI is InChI=1S/C14H16F2O4/c15-14(16)20-11-6-3-4-10(8-11)13(17)19-9-12-5-1-2-7-18-12/h3-4,6,8,12,14H,1-2,5,7,9H2. The fraction of sp³-hybridized carbons (Fsp3) is 0.500. The molecule has 0 aromatic heterocycles. The van der Waals surface area contributed by atoms with Gasteiger partial charge in [0.15, 0.2) is 0 Å². The summed E-state index contributed by atoms with van der Waals surface area (Å²) in [6.45, 7) is -2.06. The van der Waals surface area contributed by atoms with E-state index in [0.29, 0.717) is 6.61 Å². The monoisotopic (exact) mass is 286 g/mol. The second kappa shape index (κ2) is 7.19. The highest BCUT2D eigenvalue weighted by Gasteiger charge is 2.17. The molecular formula is C14H16F2O4. The summed E-state index contributed by atoms with van der Waals surface area (Å²) in [5.74, 6) is -0.637. The van der Waals surface area contributed by atoms with Crippen molar-refractivity contribution in [2.45, 2.75) is 32.0 Å². The molecule has 1 unspecified atom stereocenters. The van der Waals surface area contributed by atoms with Gasteiger partial charge in [0.2, 0.25) is 0 Å². The number of carbonyl (C=O) groups is 1. The molecule has 1 fully saturated rings. The van der Waals surface area contributed by atoms with Gasteiger partial charge in [0.25, 0.3) is 0 Å². The summed E-state index contributed by atoms with van der Waals surface area (Å²) in [4.78, 5) is 11.8. The molecule has 1 saturated heterocycles. The Morgan fingerprint density at radius 2 is 2.25 bits per heavy atom. The second-order valence-corrected chi connectivity index (χ2v) is 4.49. The predicted molar refractivity (Wildman–Crippen MR) is 66.9 cm³/mol. The zero-order valence-electron chi connectivity index (χ0n) is 10.9. The lowest BCUT2D eigenvalue weighted by Gasteiger charge is -2.22. The maximum atomic E-state index is 12.1. The summed E-state index contributed by atoms with van der Waals surface area (Å²) >= 11 is 0. The van der Waals surface area contributed by atoms with Crippen LogP contribution in [0, 0.1) is 0 Å².